The summed E-state index contributed by atoms with van der Waals surface area (Å²) in [6.45, 7) is 6.80. The van der Waals surface area contributed by atoms with Gasteiger partial charge in [-0.15, -0.1) is 0 Å². The minimum absolute atomic E-state index is 0.233. The number of nitrogens with one attached hydrogen (secondary N) is 2. The molecule has 0 aromatic rings. The monoisotopic (exact) mass is 376 g/mol. The molecule has 0 rings (SSSR count). The van der Waals surface area contributed by atoms with E-state index in [1.165, 1.54) is 0 Å². The van der Waals surface area contributed by atoms with E-state index in [4.69, 9.17) is 24.5 Å². The number of amides is 3. The third-order valence-corrected chi connectivity index (χ3v) is 2.72. The highest BCUT2D eigenvalue weighted by Crippen LogP contribution is 1.89. The van der Waals surface area contributed by atoms with Crippen LogP contribution >= 0.6 is 0 Å². The van der Waals surface area contributed by atoms with E-state index in [2.05, 4.69) is 20.8 Å². The lowest BCUT2D eigenvalue weighted by Gasteiger charge is -2.20. The van der Waals surface area contributed by atoms with Crippen molar-refractivity contribution in [2.45, 2.75) is 13.8 Å². The van der Waals surface area contributed by atoms with Gasteiger partial charge in [0.1, 0.15) is 0 Å². The number of azide groups is 1. The number of urea groups is 1. The number of hydrogen-bond acceptors (Lipinski definition) is 7. The van der Waals surface area contributed by atoms with Gasteiger partial charge in [0.15, 0.2) is 0 Å². The van der Waals surface area contributed by atoms with E-state index in [0.29, 0.717) is 46.2 Å². The third kappa shape index (κ3) is 14.1. The molecule has 0 aliphatic carbocycles. The molecule has 26 heavy (non-hydrogen) atoms. The molecule has 2 N–H and O–H groups in total. The van der Waals surface area contributed by atoms with E-state index in [0.717, 1.165) is 5.01 Å². The van der Waals surface area contributed by atoms with Gasteiger partial charge in [-0.3, -0.25) is 0 Å². The van der Waals surface area contributed by atoms with Gasteiger partial charge in [0.25, 0.3) is 0 Å². The minimum Gasteiger partial charge on any atom is -0.448 e. The molecule has 0 aliphatic rings. The Labute approximate surface area is 152 Å². The number of hydrogen-bond donors (Lipinski definition) is 2. The smallest absolute Gasteiger partial charge is 0.428 e. The zero-order valence-electron chi connectivity index (χ0n) is 15.3. The molecule has 0 aromatic heterocycles. The summed E-state index contributed by atoms with van der Waals surface area (Å²) in [6.07, 6.45) is -0.611. The number of carbonyl (C=O) groups is 2. The van der Waals surface area contributed by atoms with Crippen LogP contribution in [0.5, 0.6) is 0 Å². The second-order valence-corrected chi connectivity index (χ2v) is 4.60. The largest absolute Gasteiger partial charge is 0.448 e. The molecular weight excluding hydrogens is 348 g/mol. The third-order valence-electron chi connectivity index (χ3n) is 2.72. The van der Waals surface area contributed by atoms with E-state index in [1.54, 1.807) is 13.8 Å². The van der Waals surface area contributed by atoms with E-state index in [-0.39, 0.29) is 19.7 Å². The van der Waals surface area contributed by atoms with Crippen LogP contribution in [0.25, 0.3) is 10.4 Å². The number of ether oxygens (including phenoxy) is 4. The van der Waals surface area contributed by atoms with E-state index in [1.807, 2.05) is 0 Å². The first-order valence-electron chi connectivity index (χ1n) is 8.38. The van der Waals surface area contributed by atoms with Crippen molar-refractivity contribution < 1.29 is 28.5 Å². The van der Waals surface area contributed by atoms with Crippen molar-refractivity contribution >= 4 is 12.1 Å². The molecule has 0 aromatic carbocycles. The molecule has 0 spiro atoms. The second kappa shape index (κ2) is 17.5. The first-order chi connectivity index (χ1) is 12.7. The van der Waals surface area contributed by atoms with Crippen LogP contribution in [-0.2, 0) is 18.9 Å². The summed E-state index contributed by atoms with van der Waals surface area (Å²) in [4.78, 5) is 25.7. The van der Waals surface area contributed by atoms with E-state index in [9.17, 15) is 9.59 Å². The summed E-state index contributed by atoms with van der Waals surface area (Å²) < 4.78 is 20.5. The van der Waals surface area contributed by atoms with Gasteiger partial charge in [-0.25, -0.2) is 20.0 Å². The zero-order valence-corrected chi connectivity index (χ0v) is 15.3. The fourth-order valence-electron chi connectivity index (χ4n) is 1.55. The first-order valence-corrected chi connectivity index (χ1v) is 8.38. The summed E-state index contributed by atoms with van der Waals surface area (Å²) in [7, 11) is 0. The Kier molecular flexibility index (Phi) is 16.0. The van der Waals surface area contributed by atoms with Crippen molar-refractivity contribution in [3.05, 3.63) is 10.4 Å². The van der Waals surface area contributed by atoms with Crippen molar-refractivity contribution in [3.8, 4) is 0 Å². The molecule has 12 heteroatoms. The molecule has 12 nitrogen and oxygen atoms in total. The lowest BCUT2D eigenvalue weighted by molar-refractivity contribution is 0.0168. The van der Waals surface area contributed by atoms with Gasteiger partial charge in [0, 0.05) is 24.5 Å². The summed E-state index contributed by atoms with van der Waals surface area (Å²) in [5.41, 5.74) is 10.4. The molecule has 0 saturated carbocycles. The Hall–Kier alpha value is -2.27. The summed E-state index contributed by atoms with van der Waals surface area (Å²) in [6, 6.07) is -0.516. The highest BCUT2D eigenvalue weighted by Gasteiger charge is 2.14. The van der Waals surface area contributed by atoms with Crippen LogP contribution in [0.1, 0.15) is 13.8 Å². The van der Waals surface area contributed by atoms with Crippen LogP contribution in [0, 0.1) is 0 Å². The molecule has 3 amide bonds. The Balaban J connectivity index is 3.47. The van der Waals surface area contributed by atoms with Gasteiger partial charge in [-0.2, -0.15) is 0 Å². The SMILES string of the molecule is CCOC(=O)N(CC)NC(=O)NCCOCCOCCOCCN=[N+]=[N-]. The molecule has 0 heterocycles. The van der Waals surface area contributed by atoms with Crippen LogP contribution in [-0.4, -0.2) is 83.0 Å². The standard InChI is InChI=1S/C14H28N6O6/c1-3-20(14(22)26-4-2)18-13(21)16-5-7-23-9-11-25-12-10-24-8-6-17-19-15/h3-12H2,1-2H3,(H2,16,18,21). The maximum absolute atomic E-state index is 11.6. The normalized spacial score (nSPS) is 9.92. The van der Waals surface area contributed by atoms with Gasteiger partial charge < -0.3 is 24.3 Å². The topological polar surface area (TPSA) is 147 Å². The molecule has 0 fully saturated rings. The van der Waals surface area contributed by atoms with Crippen molar-refractivity contribution in [3.63, 3.8) is 0 Å². The Morgan fingerprint density at radius 2 is 1.65 bits per heavy atom. The van der Waals surface area contributed by atoms with E-state index < -0.39 is 12.1 Å². The molecule has 150 valence electrons. The van der Waals surface area contributed by atoms with Crippen LogP contribution in [0.2, 0.25) is 0 Å². The average molecular weight is 376 g/mol. The Bertz CT molecular complexity index is 432. The van der Waals surface area contributed by atoms with Gasteiger partial charge in [0.2, 0.25) is 0 Å². The zero-order chi connectivity index (χ0) is 19.5. The van der Waals surface area contributed by atoms with Gasteiger partial charge in [-0.05, 0) is 19.4 Å². The van der Waals surface area contributed by atoms with E-state index >= 15 is 0 Å². The molecule has 0 aliphatic heterocycles. The Morgan fingerprint density at radius 1 is 1.04 bits per heavy atom. The number of carbonyl (C=O) groups excluding carboxylic acids is 2. The first kappa shape index (κ1) is 23.7. The quantitative estimate of drug-likeness (QED) is 0.152. The molecule has 0 atom stereocenters. The summed E-state index contributed by atoms with van der Waals surface area (Å²) in [5, 5.41) is 6.96. The van der Waals surface area contributed by atoms with Crippen LogP contribution in [0.3, 0.4) is 0 Å². The van der Waals surface area contributed by atoms with Gasteiger partial charge in [-0.1, -0.05) is 5.11 Å². The molecule has 0 radical (unpaired) electrons. The average Bonchev–Trinajstić information content (AvgIpc) is 2.63. The number of nitrogens with zero attached hydrogens (tertiary/aromatic N) is 4. The molecule has 0 unspecified atom stereocenters. The molecule has 0 bridgehead atoms. The minimum atomic E-state index is -0.611. The molecular formula is C14H28N6O6. The molecule has 0 saturated heterocycles. The maximum Gasteiger partial charge on any atom is 0.428 e. The summed E-state index contributed by atoms with van der Waals surface area (Å²) in [5.74, 6) is 0. The predicted octanol–water partition coefficient (Wildman–Crippen LogP) is 1.04. The fraction of sp³-hybridized carbons (Fsp3) is 0.857. The fourth-order valence-corrected chi connectivity index (χ4v) is 1.55. The van der Waals surface area contributed by atoms with Crippen LogP contribution in [0.15, 0.2) is 5.11 Å². The van der Waals surface area contributed by atoms with Crippen molar-refractivity contribution in [1.82, 2.24) is 15.8 Å². The number of rotatable bonds is 14. The van der Waals surface area contributed by atoms with Crippen molar-refractivity contribution in [2.75, 3.05) is 65.9 Å². The lowest BCUT2D eigenvalue weighted by atomic mass is 10.6. The van der Waals surface area contributed by atoms with Gasteiger partial charge in [0.05, 0.1) is 46.2 Å². The van der Waals surface area contributed by atoms with Crippen molar-refractivity contribution in [1.29, 1.82) is 0 Å². The highest BCUT2D eigenvalue weighted by molar-refractivity contribution is 5.77. The van der Waals surface area contributed by atoms with Crippen LogP contribution in [0.4, 0.5) is 9.59 Å². The van der Waals surface area contributed by atoms with Gasteiger partial charge >= 0.3 is 12.1 Å². The predicted molar refractivity (Wildman–Crippen MR) is 92.4 cm³/mol. The lowest BCUT2D eigenvalue weighted by Crippen LogP contribution is -2.50. The summed E-state index contributed by atoms with van der Waals surface area (Å²) >= 11 is 0. The van der Waals surface area contributed by atoms with Crippen LogP contribution < -0.4 is 10.7 Å². The van der Waals surface area contributed by atoms with Crippen molar-refractivity contribution in [2.24, 2.45) is 5.11 Å². The maximum atomic E-state index is 11.6. The second-order valence-electron chi connectivity index (χ2n) is 4.60. The Morgan fingerprint density at radius 3 is 2.23 bits per heavy atom. The number of hydrazine groups is 1. The highest BCUT2D eigenvalue weighted by atomic mass is 16.6.